The van der Waals surface area contributed by atoms with Crippen molar-refractivity contribution in [2.45, 2.75) is 29.9 Å². The first kappa shape index (κ1) is 11.7. The Hall–Kier alpha value is 0.620. The van der Waals surface area contributed by atoms with E-state index in [1.54, 1.807) is 7.11 Å². The van der Waals surface area contributed by atoms with E-state index in [4.69, 9.17) is 10.5 Å². The number of thioether (sulfide) groups is 2. The molecule has 78 valence electrons. The maximum atomic E-state index is 6.07. The third kappa shape index (κ3) is 3.35. The summed E-state index contributed by atoms with van der Waals surface area (Å²) in [5.41, 5.74) is 6.07. The van der Waals surface area contributed by atoms with E-state index >= 15 is 0 Å². The monoisotopic (exact) mass is 221 g/mol. The largest absolute Gasteiger partial charge is 0.383 e. The highest BCUT2D eigenvalue weighted by atomic mass is 32.2. The van der Waals surface area contributed by atoms with Gasteiger partial charge in [-0.3, -0.25) is 0 Å². The van der Waals surface area contributed by atoms with Gasteiger partial charge in [0, 0.05) is 35.2 Å². The van der Waals surface area contributed by atoms with Gasteiger partial charge in [-0.1, -0.05) is 6.92 Å². The van der Waals surface area contributed by atoms with Gasteiger partial charge in [0.15, 0.2) is 0 Å². The second-order valence-corrected chi connectivity index (χ2v) is 5.91. The minimum Gasteiger partial charge on any atom is -0.383 e. The van der Waals surface area contributed by atoms with Crippen LogP contribution in [0.25, 0.3) is 0 Å². The summed E-state index contributed by atoms with van der Waals surface area (Å²) < 4.78 is 5.10. The molecule has 4 heteroatoms. The van der Waals surface area contributed by atoms with Gasteiger partial charge < -0.3 is 10.5 Å². The summed E-state index contributed by atoms with van der Waals surface area (Å²) in [4.78, 5) is 0. The van der Waals surface area contributed by atoms with Crippen molar-refractivity contribution in [2.24, 2.45) is 5.73 Å². The Morgan fingerprint density at radius 2 is 2.15 bits per heavy atom. The van der Waals surface area contributed by atoms with Crippen LogP contribution in [0.15, 0.2) is 0 Å². The van der Waals surface area contributed by atoms with Gasteiger partial charge in [0.2, 0.25) is 0 Å². The highest BCUT2D eigenvalue weighted by Crippen LogP contribution is 2.34. The van der Waals surface area contributed by atoms with Crippen LogP contribution < -0.4 is 5.73 Å². The Morgan fingerprint density at radius 1 is 1.46 bits per heavy atom. The molecule has 1 saturated heterocycles. The molecule has 0 aromatic carbocycles. The normalized spacial score (nSPS) is 31.6. The summed E-state index contributed by atoms with van der Waals surface area (Å²) in [6.07, 6.45) is 1.22. The van der Waals surface area contributed by atoms with Crippen molar-refractivity contribution in [3.05, 3.63) is 0 Å². The van der Waals surface area contributed by atoms with Crippen LogP contribution in [0.5, 0.6) is 0 Å². The molecule has 0 saturated carbocycles. The molecule has 1 aliphatic rings. The maximum Gasteiger partial charge on any atom is 0.0625 e. The molecule has 1 rings (SSSR count). The number of ether oxygens (including phenoxy) is 1. The van der Waals surface area contributed by atoms with Crippen LogP contribution in [-0.4, -0.2) is 41.8 Å². The van der Waals surface area contributed by atoms with E-state index < -0.39 is 0 Å². The number of rotatable bonds is 4. The van der Waals surface area contributed by atoms with Gasteiger partial charge in [-0.25, -0.2) is 0 Å². The molecule has 1 heterocycles. The molecule has 1 aliphatic heterocycles. The molecule has 0 aromatic heterocycles. The van der Waals surface area contributed by atoms with E-state index in [0.29, 0.717) is 11.9 Å². The molecule has 0 spiro atoms. The van der Waals surface area contributed by atoms with Crippen molar-refractivity contribution in [3.63, 3.8) is 0 Å². The van der Waals surface area contributed by atoms with Crippen LogP contribution >= 0.6 is 23.5 Å². The van der Waals surface area contributed by atoms with Crippen molar-refractivity contribution in [2.75, 3.05) is 25.2 Å². The first-order chi connectivity index (χ1) is 6.29. The average Bonchev–Trinajstić information content (AvgIpc) is 2.18. The van der Waals surface area contributed by atoms with Gasteiger partial charge in [0.1, 0.15) is 0 Å². The van der Waals surface area contributed by atoms with Gasteiger partial charge in [-0.05, 0) is 6.42 Å². The lowest BCUT2D eigenvalue weighted by atomic mass is 10.1. The summed E-state index contributed by atoms with van der Waals surface area (Å²) in [5.74, 6) is 2.52. The second kappa shape index (κ2) is 6.17. The van der Waals surface area contributed by atoms with Crippen molar-refractivity contribution in [3.8, 4) is 0 Å². The van der Waals surface area contributed by atoms with Crippen molar-refractivity contribution in [1.29, 1.82) is 0 Å². The summed E-state index contributed by atoms with van der Waals surface area (Å²) in [6, 6.07) is 0.202. The molecule has 0 aromatic rings. The Labute approximate surface area is 89.4 Å². The molecule has 0 aliphatic carbocycles. The zero-order valence-electron chi connectivity index (χ0n) is 8.36. The minimum absolute atomic E-state index is 0.202. The molecular formula is C9H19NOS2. The van der Waals surface area contributed by atoms with Gasteiger partial charge in [0.25, 0.3) is 0 Å². The lowest BCUT2D eigenvalue weighted by Gasteiger charge is -2.33. The van der Waals surface area contributed by atoms with E-state index in [0.717, 1.165) is 5.25 Å². The molecular weight excluding hydrogens is 202 g/mol. The number of methoxy groups -OCH3 is 1. The molecule has 0 amide bonds. The molecule has 3 atom stereocenters. The fraction of sp³-hybridized carbons (Fsp3) is 1.00. The smallest absolute Gasteiger partial charge is 0.0625 e. The van der Waals surface area contributed by atoms with E-state index in [1.165, 1.54) is 17.9 Å². The molecule has 1 fully saturated rings. The molecule has 2 N–H and O–H groups in total. The molecule has 0 radical (unpaired) electrons. The van der Waals surface area contributed by atoms with Crippen LogP contribution in [0, 0.1) is 0 Å². The minimum atomic E-state index is 0.202. The molecule has 3 unspecified atom stereocenters. The van der Waals surface area contributed by atoms with Gasteiger partial charge in [-0.15, -0.1) is 0 Å². The van der Waals surface area contributed by atoms with Crippen LogP contribution in [0.1, 0.15) is 13.3 Å². The summed E-state index contributed by atoms with van der Waals surface area (Å²) >= 11 is 4.09. The van der Waals surface area contributed by atoms with Crippen molar-refractivity contribution >= 4 is 23.5 Å². The third-order valence-electron chi connectivity index (χ3n) is 2.28. The van der Waals surface area contributed by atoms with Gasteiger partial charge in [-0.2, -0.15) is 23.5 Å². The zero-order valence-corrected chi connectivity index (χ0v) is 10.00. The topological polar surface area (TPSA) is 35.2 Å². The first-order valence-electron chi connectivity index (χ1n) is 4.77. The van der Waals surface area contributed by atoms with Crippen LogP contribution in [0.2, 0.25) is 0 Å². The number of hydrogen-bond acceptors (Lipinski definition) is 4. The molecule has 2 nitrogen and oxygen atoms in total. The van der Waals surface area contributed by atoms with Gasteiger partial charge >= 0.3 is 0 Å². The summed E-state index contributed by atoms with van der Waals surface area (Å²) in [5, 5.41) is 1.31. The Balaban J connectivity index is 2.43. The lowest BCUT2D eigenvalue weighted by Crippen LogP contribution is -2.44. The second-order valence-electron chi connectivity index (χ2n) is 3.27. The fourth-order valence-corrected chi connectivity index (χ4v) is 4.80. The van der Waals surface area contributed by atoms with Gasteiger partial charge in [0.05, 0.1) is 6.61 Å². The number of nitrogens with two attached hydrogens (primary N) is 1. The van der Waals surface area contributed by atoms with E-state index in [1.807, 2.05) is 11.8 Å². The standard InChI is InChI=1S/C9H19NOS2/c1-3-8-9(7(10)6-11-2)13-5-4-12-8/h7-9H,3-6,10H2,1-2H3. The van der Waals surface area contributed by atoms with E-state index in [9.17, 15) is 0 Å². The van der Waals surface area contributed by atoms with Crippen LogP contribution in [0.4, 0.5) is 0 Å². The average molecular weight is 221 g/mol. The summed E-state index contributed by atoms with van der Waals surface area (Å²) in [6.45, 7) is 2.94. The predicted octanol–water partition coefficient (Wildman–Crippen LogP) is 1.59. The van der Waals surface area contributed by atoms with Crippen molar-refractivity contribution < 1.29 is 4.74 Å². The van der Waals surface area contributed by atoms with E-state index in [2.05, 4.69) is 18.7 Å². The lowest BCUT2D eigenvalue weighted by molar-refractivity contribution is 0.178. The van der Waals surface area contributed by atoms with E-state index in [-0.39, 0.29) is 6.04 Å². The molecule has 0 bridgehead atoms. The third-order valence-corrected chi connectivity index (χ3v) is 5.70. The van der Waals surface area contributed by atoms with Crippen LogP contribution in [0.3, 0.4) is 0 Å². The quantitative estimate of drug-likeness (QED) is 0.782. The highest BCUT2D eigenvalue weighted by molar-refractivity contribution is 8.07. The highest BCUT2D eigenvalue weighted by Gasteiger charge is 2.29. The Bertz CT molecular complexity index is 146. The van der Waals surface area contributed by atoms with Crippen LogP contribution in [-0.2, 0) is 4.74 Å². The zero-order chi connectivity index (χ0) is 9.68. The summed E-state index contributed by atoms with van der Waals surface area (Å²) in [7, 11) is 1.72. The first-order valence-corrected chi connectivity index (χ1v) is 6.87. The predicted molar refractivity (Wildman–Crippen MR) is 62.6 cm³/mol. The van der Waals surface area contributed by atoms with Crippen molar-refractivity contribution in [1.82, 2.24) is 0 Å². The molecule has 13 heavy (non-hydrogen) atoms. The Morgan fingerprint density at radius 3 is 2.77 bits per heavy atom. The Kier molecular flexibility index (Phi) is 5.55. The maximum absolute atomic E-state index is 6.07. The SMILES string of the molecule is CCC1SCCSC1C(N)COC. The number of hydrogen-bond donors (Lipinski definition) is 1. The fourth-order valence-electron chi connectivity index (χ4n) is 1.62.